The molecule has 0 N–H and O–H groups in total. The summed E-state index contributed by atoms with van der Waals surface area (Å²) in [6.45, 7) is 1.97. The lowest BCUT2D eigenvalue weighted by Gasteiger charge is -2.07. The molecule has 11 heavy (non-hydrogen) atoms. The molecule has 2 unspecified atom stereocenters. The first kappa shape index (κ1) is 9.15. The van der Waals surface area contributed by atoms with Crippen LogP contribution in [0.2, 0.25) is 0 Å². The van der Waals surface area contributed by atoms with Gasteiger partial charge in [0.05, 0.1) is 6.23 Å². The standard InChI is InChI=1S/C6H13O4Si/c1-5-6(10-5)9-4-11(7-2)8-3/h5-6H,4H2,1-3H3. The highest BCUT2D eigenvalue weighted by molar-refractivity contribution is 6.44. The normalized spacial score (nSPS) is 29.5. The fourth-order valence-electron chi connectivity index (χ4n) is 0.692. The van der Waals surface area contributed by atoms with Crippen LogP contribution in [0.3, 0.4) is 0 Å². The van der Waals surface area contributed by atoms with Crippen molar-refractivity contribution in [1.82, 2.24) is 0 Å². The molecule has 0 saturated carbocycles. The molecule has 0 aromatic carbocycles. The van der Waals surface area contributed by atoms with E-state index in [1.165, 1.54) is 0 Å². The number of hydrogen-bond donors (Lipinski definition) is 0. The lowest BCUT2D eigenvalue weighted by molar-refractivity contribution is 0.0620. The Hall–Kier alpha value is 0.0569. The molecule has 1 fully saturated rings. The van der Waals surface area contributed by atoms with Crippen molar-refractivity contribution in [3.05, 3.63) is 0 Å². The first-order valence-corrected chi connectivity index (χ1v) is 5.01. The van der Waals surface area contributed by atoms with Crippen LogP contribution in [-0.4, -0.2) is 42.1 Å². The monoisotopic (exact) mass is 177 g/mol. The fourth-order valence-corrected chi connectivity index (χ4v) is 1.40. The van der Waals surface area contributed by atoms with Crippen molar-refractivity contribution in [2.45, 2.75) is 19.3 Å². The predicted molar refractivity (Wildman–Crippen MR) is 40.1 cm³/mol. The molecule has 1 aliphatic rings. The highest BCUT2D eigenvalue weighted by atomic mass is 28.3. The van der Waals surface area contributed by atoms with Gasteiger partial charge in [-0.3, -0.25) is 0 Å². The second-order valence-electron chi connectivity index (χ2n) is 2.30. The second-order valence-corrected chi connectivity index (χ2v) is 4.15. The Morgan fingerprint density at radius 3 is 2.27 bits per heavy atom. The van der Waals surface area contributed by atoms with Gasteiger partial charge in [0.25, 0.3) is 0 Å². The third kappa shape index (κ3) is 2.88. The van der Waals surface area contributed by atoms with Crippen LogP contribution in [0, 0.1) is 0 Å². The van der Waals surface area contributed by atoms with Gasteiger partial charge in [0.2, 0.25) is 0 Å². The second kappa shape index (κ2) is 4.17. The molecule has 1 saturated heterocycles. The topological polar surface area (TPSA) is 40.2 Å². The molecule has 2 atom stereocenters. The molecule has 0 spiro atoms. The van der Waals surface area contributed by atoms with E-state index in [1.807, 2.05) is 6.92 Å². The summed E-state index contributed by atoms with van der Waals surface area (Å²) in [5.74, 6) is 0. The van der Waals surface area contributed by atoms with Gasteiger partial charge in [-0.1, -0.05) is 0 Å². The van der Waals surface area contributed by atoms with Crippen LogP contribution in [0.25, 0.3) is 0 Å². The zero-order valence-corrected chi connectivity index (χ0v) is 7.99. The molecule has 0 aromatic heterocycles. The van der Waals surface area contributed by atoms with Crippen LogP contribution < -0.4 is 0 Å². The van der Waals surface area contributed by atoms with E-state index in [2.05, 4.69) is 0 Å². The van der Waals surface area contributed by atoms with Crippen molar-refractivity contribution in [3.8, 4) is 0 Å². The summed E-state index contributed by atoms with van der Waals surface area (Å²) in [6.07, 6.45) is 0.736. The molecule has 1 radical (unpaired) electrons. The van der Waals surface area contributed by atoms with Crippen molar-refractivity contribution in [2.75, 3.05) is 20.4 Å². The Labute approximate surface area is 68.2 Å². The average molecular weight is 177 g/mol. The van der Waals surface area contributed by atoms with Crippen LogP contribution in [-0.2, 0) is 18.3 Å². The minimum absolute atomic E-state index is 0.0275. The van der Waals surface area contributed by atoms with Crippen molar-refractivity contribution in [1.29, 1.82) is 0 Å². The summed E-state index contributed by atoms with van der Waals surface area (Å²) in [4.78, 5) is 0. The maximum atomic E-state index is 5.28. The number of rotatable bonds is 5. The highest BCUT2D eigenvalue weighted by Crippen LogP contribution is 2.21. The van der Waals surface area contributed by atoms with Gasteiger partial charge < -0.3 is 18.3 Å². The minimum atomic E-state index is -1.20. The summed E-state index contributed by atoms with van der Waals surface area (Å²) >= 11 is 0. The Morgan fingerprint density at radius 2 is 1.91 bits per heavy atom. The summed E-state index contributed by atoms with van der Waals surface area (Å²) < 4.78 is 20.3. The molecule has 5 heteroatoms. The third-order valence-corrected chi connectivity index (χ3v) is 2.79. The van der Waals surface area contributed by atoms with Gasteiger partial charge in [0.1, 0.15) is 6.10 Å². The van der Waals surface area contributed by atoms with Crippen LogP contribution in [0.4, 0.5) is 0 Å². The SMILES string of the molecule is CO[Si](COC1OC1C)OC. The Morgan fingerprint density at radius 1 is 1.36 bits per heavy atom. The van der Waals surface area contributed by atoms with Crippen LogP contribution >= 0.6 is 0 Å². The van der Waals surface area contributed by atoms with Gasteiger partial charge >= 0.3 is 9.28 Å². The summed E-state index contributed by atoms with van der Waals surface area (Å²) in [5.41, 5.74) is 0. The first-order valence-electron chi connectivity index (χ1n) is 3.48. The molecular weight excluding hydrogens is 164 g/mol. The fraction of sp³-hybridized carbons (Fsp3) is 1.00. The van der Waals surface area contributed by atoms with E-state index in [0.29, 0.717) is 6.23 Å². The molecule has 0 amide bonds. The van der Waals surface area contributed by atoms with Gasteiger partial charge in [-0.15, -0.1) is 0 Å². The highest BCUT2D eigenvalue weighted by Gasteiger charge is 2.36. The van der Waals surface area contributed by atoms with E-state index >= 15 is 0 Å². The minimum Gasteiger partial charge on any atom is -0.395 e. The smallest absolute Gasteiger partial charge is 0.395 e. The average Bonchev–Trinajstić information content (AvgIpc) is 2.69. The van der Waals surface area contributed by atoms with E-state index in [9.17, 15) is 0 Å². The molecule has 4 nitrogen and oxygen atoms in total. The van der Waals surface area contributed by atoms with Gasteiger partial charge in [-0.05, 0) is 6.92 Å². The van der Waals surface area contributed by atoms with Gasteiger partial charge in [-0.2, -0.15) is 0 Å². The van der Waals surface area contributed by atoms with E-state index in [4.69, 9.17) is 18.3 Å². The maximum absolute atomic E-state index is 5.28. The van der Waals surface area contributed by atoms with Crippen molar-refractivity contribution >= 4 is 9.28 Å². The number of epoxide rings is 1. The zero-order chi connectivity index (χ0) is 8.27. The van der Waals surface area contributed by atoms with Crippen molar-refractivity contribution < 1.29 is 18.3 Å². The van der Waals surface area contributed by atoms with E-state index in [1.54, 1.807) is 14.2 Å². The largest absolute Gasteiger partial charge is 0.412 e. The Bertz CT molecular complexity index is 117. The molecule has 1 rings (SSSR count). The molecule has 0 aliphatic carbocycles. The first-order chi connectivity index (χ1) is 5.27. The van der Waals surface area contributed by atoms with E-state index in [-0.39, 0.29) is 12.4 Å². The molecular formula is C6H13O4Si. The van der Waals surface area contributed by atoms with Crippen LogP contribution in [0.15, 0.2) is 0 Å². The quantitative estimate of drug-likeness (QED) is 0.440. The number of hydrogen-bond acceptors (Lipinski definition) is 4. The lowest BCUT2D eigenvalue weighted by atomic mass is 10.5. The summed E-state index contributed by atoms with van der Waals surface area (Å²) in [5, 5.41) is 0. The molecule has 1 aliphatic heterocycles. The lowest BCUT2D eigenvalue weighted by Crippen LogP contribution is -2.27. The van der Waals surface area contributed by atoms with Crippen LogP contribution in [0.5, 0.6) is 0 Å². The molecule has 1 heterocycles. The molecule has 65 valence electrons. The molecule has 0 bridgehead atoms. The van der Waals surface area contributed by atoms with E-state index in [0.717, 1.165) is 0 Å². The van der Waals surface area contributed by atoms with Gasteiger partial charge in [-0.25, -0.2) is 0 Å². The molecule has 0 aromatic rings. The predicted octanol–water partition coefficient (Wildman–Crippen LogP) is 0.0680. The summed E-state index contributed by atoms with van der Waals surface area (Å²) in [6, 6.07) is 0. The Kier molecular flexibility index (Phi) is 3.47. The Balaban J connectivity index is 2.01. The van der Waals surface area contributed by atoms with Crippen molar-refractivity contribution in [2.24, 2.45) is 0 Å². The van der Waals surface area contributed by atoms with E-state index < -0.39 is 9.28 Å². The van der Waals surface area contributed by atoms with Crippen molar-refractivity contribution in [3.63, 3.8) is 0 Å². The van der Waals surface area contributed by atoms with Gasteiger partial charge in [0.15, 0.2) is 6.29 Å². The van der Waals surface area contributed by atoms with Gasteiger partial charge in [0, 0.05) is 14.2 Å². The maximum Gasteiger partial charge on any atom is 0.412 e. The summed E-state index contributed by atoms with van der Waals surface area (Å²) in [7, 11) is 2.04. The zero-order valence-electron chi connectivity index (χ0n) is 6.99. The van der Waals surface area contributed by atoms with Crippen LogP contribution in [0.1, 0.15) is 6.92 Å². The third-order valence-electron chi connectivity index (χ3n) is 1.48. The number of ether oxygens (including phenoxy) is 2.